The predicted molar refractivity (Wildman–Crippen MR) is 42.2 cm³/mol. The average molecular weight is 155 g/mol. The maximum Gasteiger partial charge on any atom is 0.326 e. The molecule has 1 aliphatic heterocycles. The zero-order valence-electron chi connectivity index (χ0n) is 6.71. The summed E-state index contributed by atoms with van der Waals surface area (Å²) in [7, 11) is 0. The normalized spacial score (nSPS) is 20.5. The van der Waals surface area contributed by atoms with E-state index in [-0.39, 0.29) is 0 Å². The number of hydrogen-bond donors (Lipinski definition) is 1. The third-order valence-electron chi connectivity index (χ3n) is 2.10. The van der Waals surface area contributed by atoms with E-state index in [4.69, 9.17) is 5.11 Å². The van der Waals surface area contributed by atoms with Crippen LogP contribution in [0.2, 0.25) is 0 Å². The molecule has 62 valence electrons. The molecule has 0 radical (unpaired) electrons. The first-order valence-corrected chi connectivity index (χ1v) is 3.80. The van der Waals surface area contributed by atoms with Crippen LogP contribution in [0, 0.1) is 0 Å². The first kappa shape index (κ1) is 8.11. The number of carbonyl (C=O) groups is 1. The Kier molecular flexibility index (Phi) is 2.17. The molecule has 0 aliphatic carbocycles. The highest BCUT2D eigenvalue weighted by Gasteiger charge is 2.24. The van der Waals surface area contributed by atoms with Gasteiger partial charge in [0.15, 0.2) is 0 Å². The highest BCUT2D eigenvalue weighted by molar-refractivity contribution is 5.73. The molecule has 0 amide bonds. The largest absolute Gasteiger partial charge is 0.480 e. The second-order valence-electron chi connectivity index (χ2n) is 2.88. The van der Waals surface area contributed by atoms with Crippen LogP contribution in [-0.2, 0) is 4.79 Å². The molecule has 0 saturated carbocycles. The van der Waals surface area contributed by atoms with Gasteiger partial charge in [0.05, 0.1) is 0 Å². The third-order valence-corrected chi connectivity index (χ3v) is 2.10. The van der Waals surface area contributed by atoms with Crippen LogP contribution in [0.1, 0.15) is 19.8 Å². The van der Waals surface area contributed by atoms with Crippen molar-refractivity contribution in [2.24, 2.45) is 0 Å². The van der Waals surface area contributed by atoms with Gasteiger partial charge in [-0.2, -0.15) is 0 Å². The van der Waals surface area contributed by atoms with E-state index in [1.165, 1.54) is 0 Å². The van der Waals surface area contributed by atoms with E-state index in [2.05, 4.69) is 6.58 Å². The number of carboxylic acid groups (broad SMARTS) is 1. The van der Waals surface area contributed by atoms with Crippen molar-refractivity contribution in [1.82, 2.24) is 4.90 Å². The van der Waals surface area contributed by atoms with Gasteiger partial charge in [0.25, 0.3) is 0 Å². The number of hydrogen-bond acceptors (Lipinski definition) is 2. The lowest BCUT2D eigenvalue weighted by Gasteiger charge is -2.23. The predicted octanol–water partition coefficient (Wildman–Crippen LogP) is 1.07. The standard InChI is InChI=1S/C8H13NO2/c1-6-4-3-5-9(6)7(2)8(10)11/h7H,1,3-5H2,2H3,(H,10,11). The second kappa shape index (κ2) is 2.95. The van der Waals surface area contributed by atoms with Gasteiger partial charge < -0.3 is 10.0 Å². The Labute approximate surface area is 66.3 Å². The van der Waals surface area contributed by atoms with Crippen LogP contribution in [0.15, 0.2) is 12.3 Å². The average Bonchev–Trinajstić information content (AvgIpc) is 2.33. The molecule has 1 saturated heterocycles. The van der Waals surface area contributed by atoms with Gasteiger partial charge in [0, 0.05) is 12.2 Å². The van der Waals surface area contributed by atoms with E-state index in [1.54, 1.807) is 6.92 Å². The van der Waals surface area contributed by atoms with E-state index >= 15 is 0 Å². The Morgan fingerprint density at radius 2 is 2.45 bits per heavy atom. The van der Waals surface area contributed by atoms with Crippen LogP contribution in [-0.4, -0.2) is 28.6 Å². The molecule has 1 N–H and O–H groups in total. The minimum Gasteiger partial charge on any atom is -0.480 e. The maximum absolute atomic E-state index is 10.5. The summed E-state index contributed by atoms with van der Waals surface area (Å²) in [4.78, 5) is 12.4. The summed E-state index contributed by atoms with van der Waals surface area (Å²) in [5.41, 5.74) is 0.958. The Morgan fingerprint density at radius 3 is 2.82 bits per heavy atom. The second-order valence-corrected chi connectivity index (χ2v) is 2.88. The zero-order valence-corrected chi connectivity index (χ0v) is 6.71. The topological polar surface area (TPSA) is 40.5 Å². The molecule has 1 heterocycles. The molecule has 3 heteroatoms. The number of carboxylic acids is 1. The summed E-state index contributed by atoms with van der Waals surface area (Å²) in [5, 5.41) is 8.68. The summed E-state index contributed by atoms with van der Waals surface area (Å²) in [6.45, 7) is 6.33. The van der Waals surface area contributed by atoms with Gasteiger partial charge >= 0.3 is 5.97 Å². The third kappa shape index (κ3) is 1.53. The summed E-state index contributed by atoms with van der Waals surface area (Å²) >= 11 is 0. The highest BCUT2D eigenvalue weighted by Crippen LogP contribution is 2.21. The van der Waals surface area contributed by atoms with Gasteiger partial charge in [-0.3, -0.25) is 0 Å². The molecule has 0 aromatic carbocycles. The lowest BCUT2D eigenvalue weighted by Crippen LogP contribution is -2.35. The van der Waals surface area contributed by atoms with Crippen LogP contribution >= 0.6 is 0 Å². The molecule has 0 aromatic heterocycles. The first-order chi connectivity index (χ1) is 5.13. The molecule has 11 heavy (non-hydrogen) atoms. The van der Waals surface area contributed by atoms with Gasteiger partial charge in [0.1, 0.15) is 6.04 Å². The van der Waals surface area contributed by atoms with Crippen molar-refractivity contribution >= 4 is 5.97 Å². The van der Waals surface area contributed by atoms with Crippen LogP contribution in [0.5, 0.6) is 0 Å². The SMILES string of the molecule is C=C1CCCN1C(C)C(=O)O. The summed E-state index contributed by atoms with van der Waals surface area (Å²) < 4.78 is 0. The first-order valence-electron chi connectivity index (χ1n) is 3.80. The molecular weight excluding hydrogens is 142 g/mol. The molecule has 3 nitrogen and oxygen atoms in total. The molecule has 0 spiro atoms. The monoisotopic (exact) mass is 155 g/mol. The fourth-order valence-corrected chi connectivity index (χ4v) is 1.36. The maximum atomic E-state index is 10.5. The van der Waals surface area contributed by atoms with E-state index in [0.717, 1.165) is 25.1 Å². The minimum absolute atomic E-state index is 0.412. The molecule has 0 aromatic rings. The minimum atomic E-state index is -0.770. The molecular formula is C8H13NO2. The Bertz CT molecular complexity index is 189. The Balaban J connectivity index is 2.59. The summed E-state index contributed by atoms with van der Waals surface area (Å²) in [6, 6.07) is -0.412. The molecule has 0 bridgehead atoms. The van der Waals surface area contributed by atoms with E-state index in [9.17, 15) is 4.79 Å². The van der Waals surface area contributed by atoms with Crippen LogP contribution in [0.3, 0.4) is 0 Å². The van der Waals surface area contributed by atoms with Crippen LogP contribution in [0.25, 0.3) is 0 Å². The van der Waals surface area contributed by atoms with Gasteiger partial charge in [0.2, 0.25) is 0 Å². The van der Waals surface area contributed by atoms with Crippen LogP contribution in [0.4, 0.5) is 0 Å². The lowest BCUT2D eigenvalue weighted by atomic mass is 10.3. The summed E-state index contributed by atoms with van der Waals surface area (Å²) in [6.07, 6.45) is 1.98. The van der Waals surface area contributed by atoms with Crippen molar-refractivity contribution in [3.8, 4) is 0 Å². The molecule has 1 aliphatic rings. The van der Waals surface area contributed by atoms with Gasteiger partial charge in [-0.1, -0.05) is 6.58 Å². The number of rotatable bonds is 2. The van der Waals surface area contributed by atoms with Crippen molar-refractivity contribution in [2.75, 3.05) is 6.54 Å². The Morgan fingerprint density at radius 1 is 1.82 bits per heavy atom. The van der Waals surface area contributed by atoms with Crippen molar-refractivity contribution in [3.05, 3.63) is 12.3 Å². The van der Waals surface area contributed by atoms with Crippen molar-refractivity contribution < 1.29 is 9.90 Å². The van der Waals surface area contributed by atoms with Gasteiger partial charge in [-0.15, -0.1) is 0 Å². The lowest BCUT2D eigenvalue weighted by molar-refractivity contribution is -0.141. The highest BCUT2D eigenvalue weighted by atomic mass is 16.4. The van der Waals surface area contributed by atoms with Crippen molar-refractivity contribution in [1.29, 1.82) is 0 Å². The fourth-order valence-electron chi connectivity index (χ4n) is 1.36. The quantitative estimate of drug-likeness (QED) is 0.648. The summed E-state index contributed by atoms with van der Waals surface area (Å²) in [5.74, 6) is -0.770. The van der Waals surface area contributed by atoms with Crippen molar-refractivity contribution in [2.45, 2.75) is 25.8 Å². The Hall–Kier alpha value is -0.990. The van der Waals surface area contributed by atoms with E-state index < -0.39 is 12.0 Å². The van der Waals surface area contributed by atoms with Gasteiger partial charge in [-0.05, 0) is 19.8 Å². The molecule has 1 rings (SSSR count). The van der Waals surface area contributed by atoms with E-state index in [1.807, 2.05) is 4.90 Å². The number of aliphatic carboxylic acids is 1. The molecule has 1 unspecified atom stereocenters. The number of allylic oxidation sites excluding steroid dienone is 1. The van der Waals surface area contributed by atoms with E-state index in [0.29, 0.717) is 0 Å². The van der Waals surface area contributed by atoms with Crippen LogP contribution < -0.4 is 0 Å². The zero-order chi connectivity index (χ0) is 8.43. The fraction of sp³-hybridized carbons (Fsp3) is 0.625. The van der Waals surface area contributed by atoms with Gasteiger partial charge in [-0.25, -0.2) is 4.79 Å². The van der Waals surface area contributed by atoms with Crippen molar-refractivity contribution in [3.63, 3.8) is 0 Å². The number of nitrogens with zero attached hydrogens (tertiary/aromatic N) is 1. The molecule has 1 atom stereocenters. The number of likely N-dealkylation sites (tertiary alicyclic amines) is 1. The smallest absolute Gasteiger partial charge is 0.326 e. The molecule has 1 fully saturated rings.